The smallest absolute Gasteiger partial charge is 0.408 e. The number of hydrogen-bond donors (Lipinski definition) is 3. The Hall–Kier alpha value is -1.86. The number of hydrogen-bond acceptors (Lipinski definition) is 4. The average molecular weight is 334 g/mol. The van der Waals surface area contributed by atoms with Crippen LogP contribution in [-0.2, 0) is 9.53 Å². The highest BCUT2D eigenvalue weighted by Crippen LogP contribution is 2.23. The number of ether oxygens (including phenoxy) is 1. The van der Waals surface area contributed by atoms with Crippen LogP contribution in [0.4, 0.5) is 9.18 Å². The van der Waals surface area contributed by atoms with E-state index in [1.54, 1.807) is 20.8 Å². The molecule has 6 nitrogen and oxygen atoms in total. The van der Waals surface area contributed by atoms with Gasteiger partial charge in [0, 0.05) is 0 Å². The highest BCUT2D eigenvalue weighted by molar-refractivity contribution is 6.30. The van der Waals surface area contributed by atoms with Gasteiger partial charge in [0.1, 0.15) is 17.5 Å². The van der Waals surface area contributed by atoms with Crippen LogP contribution < -0.4 is 5.32 Å². The van der Waals surface area contributed by atoms with E-state index in [1.807, 2.05) is 5.32 Å². The predicted molar refractivity (Wildman–Crippen MR) is 77.2 cm³/mol. The van der Waals surface area contributed by atoms with E-state index in [4.69, 9.17) is 21.4 Å². The molecule has 0 aliphatic rings. The Morgan fingerprint density at radius 3 is 2.41 bits per heavy atom. The van der Waals surface area contributed by atoms with E-state index in [0.717, 1.165) is 6.07 Å². The van der Waals surface area contributed by atoms with Crippen molar-refractivity contribution in [2.75, 3.05) is 0 Å². The van der Waals surface area contributed by atoms with Crippen molar-refractivity contribution < 1.29 is 28.9 Å². The van der Waals surface area contributed by atoms with Gasteiger partial charge in [0.15, 0.2) is 6.04 Å². The maximum Gasteiger partial charge on any atom is 0.408 e. The number of rotatable bonds is 4. The summed E-state index contributed by atoms with van der Waals surface area (Å²) in [6.07, 6.45) is -2.68. The first-order chi connectivity index (χ1) is 10.0. The lowest BCUT2D eigenvalue weighted by molar-refractivity contribution is -0.142. The molecule has 0 aliphatic heterocycles. The fourth-order valence-corrected chi connectivity index (χ4v) is 1.72. The molecule has 1 aromatic rings. The zero-order valence-corrected chi connectivity index (χ0v) is 13.0. The number of nitrogens with one attached hydrogen (secondary N) is 1. The van der Waals surface area contributed by atoms with E-state index in [9.17, 15) is 19.1 Å². The van der Waals surface area contributed by atoms with Crippen LogP contribution in [-0.4, -0.2) is 33.9 Å². The van der Waals surface area contributed by atoms with Gasteiger partial charge in [-0.15, -0.1) is 0 Å². The number of amides is 1. The van der Waals surface area contributed by atoms with Crippen molar-refractivity contribution in [2.45, 2.75) is 38.5 Å². The molecule has 2 unspecified atom stereocenters. The number of alkyl carbamates (subject to hydrolysis) is 1. The van der Waals surface area contributed by atoms with Gasteiger partial charge in [-0.3, -0.25) is 0 Å². The summed E-state index contributed by atoms with van der Waals surface area (Å²) in [4.78, 5) is 22.8. The molecule has 122 valence electrons. The summed E-state index contributed by atoms with van der Waals surface area (Å²) in [5.41, 5.74) is -0.866. The minimum absolute atomic E-state index is 0.0367. The summed E-state index contributed by atoms with van der Waals surface area (Å²) in [5.74, 6) is -2.30. The maximum atomic E-state index is 13.4. The average Bonchev–Trinajstić information content (AvgIpc) is 2.36. The van der Waals surface area contributed by atoms with Gasteiger partial charge in [-0.1, -0.05) is 17.7 Å². The van der Waals surface area contributed by atoms with Crippen LogP contribution in [0.2, 0.25) is 5.02 Å². The summed E-state index contributed by atoms with van der Waals surface area (Å²) in [6.45, 7) is 4.81. The number of aliphatic hydroxyl groups excluding tert-OH is 1. The molecule has 0 saturated heterocycles. The third-order valence-corrected chi connectivity index (χ3v) is 2.85. The second-order valence-electron chi connectivity index (χ2n) is 5.58. The number of carbonyl (C=O) groups is 2. The number of halogens is 2. The normalized spacial score (nSPS) is 14.1. The maximum absolute atomic E-state index is 13.4. The lowest BCUT2D eigenvalue weighted by atomic mass is 10.0. The molecule has 0 heterocycles. The third kappa shape index (κ3) is 5.16. The molecule has 0 aromatic heterocycles. The summed E-state index contributed by atoms with van der Waals surface area (Å²) in [7, 11) is 0. The molecule has 0 radical (unpaired) electrons. The molecule has 1 aromatic carbocycles. The predicted octanol–water partition coefficient (Wildman–Crippen LogP) is 2.49. The fourth-order valence-electron chi connectivity index (χ4n) is 1.60. The number of carboxylic acids is 1. The Morgan fingerprint density at radius 2 is 1.95 bits per heavy atom. The Bertz CT molecular complexity index is 573. The molecule has 22 heavy (non-hydrogen) atoms. The molecule has 0 bridgehead atoms. The minimum atomic E-state index is -1.70. The van der Waals surface area contributed by atoms with Crippen molar-refractivity contribution in [1.82, 2.24) is 5.32 Å². The SMILES string of the molecule is CC(C)(C)OC(=O)NC(C(=O)O)C(O)c1ccc(Cl)c(F)c1. The first kappa shape index (κ1) is 18.2. The highest BCUT2D eigenvalue weighted by Gasteiger charge is 2.31. The lowest BCUT2D eigenvalue weighted by Crippen LogP contribution is -2.46. The molecule has 1 rings (SSSR count). The van der Waals surface area contributed by atoms with Gasteiger partial charge in [0.05, 0.1) is 5.02 Å². The molecular weight excluding hydrogens is 317 g/mol. The molecule has 2 atom stereocenters. The molecular formula is C14H17ClFNO5. The fraction of sp³-hybridized carbons (Fsp3) is 0.429. The number of aliphatic carboxylic acids is 1. The summed E-state index contributed by atoms with van der Waals surface area (Å²) >= 11 is 5.52. The molecule has 1 amide bonds. The standard InChI is InChI=1S/C14H17ClFNO5/c1-14(2,3)22-13(21)17-10(12(19)20)11(18)7-4-5-8(15)9(16)6-7/h4-6,10-11,18H,1-3H3,(H,17,21)(H,19,20). The topological polar surface area (TPSA) is 95.9 Å². The Labute approximate surface area is 131 Å². The van der Waals surface area contributed by atoms with Crippen molar-refractivity contribution in [3.8, 4) is 0 Å². The van der Waals surface area contributed by atoms with Gasteiger partial charge in [-0.2, -0.15) is 0 Å². The second-order valence-corrected chi connectivity index (χ2v) is 5.99. The van der Waals surface area contributed by atoms with Crippen molar-refractivity contribution >= 4 is 23.7 Å². The van der Waals surface area contributed by atoms with Gasteiger partial charge in [0.2, 0.25) is 0 Å². The number of carbonyl (C=O) groups excluding carboxylic acids is 1. The quantitative estimate of drug-likeness (QED) is 0.786. The summed E-state index contributed by atoms with van der Waals surface area (Å²) in [6, 6.07) is 1.65. The van der Waals surface area contributed by atoms with Gasteiger partial charge < -0.3 is 20.3 Å². The van der Waals surface area contributed by atoms with E-state index in [2.05, 4.69) is 0 Å². The number of carboxylic acid groups (broad SMARTS) is 1. The van der Waals surface area contributed by atoms with Gasteiger partial charge in [0.25, 0.3) is 0 Å². The van der Waals surface area contributed by atoms with Crippen LogP contribution in [0.5, 0.6) is 0 Å². The van der Waals surface area contributed by atoms with Gasteiger partial charge >= 0.3 is 12.1 Å². The van der Waals surface area contributed by atoms with Crippen LogP contribution >= 0.6 is 11.6 Å². The van der Waals surface area contributed by atoms with Crippen LogP contribution in [0.1, 0.15) is 32.4 Å². The number of aliphatic hydroxyl groups is 1. The first-order valence-corrected chi connectivity index (χ1v) is 6.74. The summed E-state index contributed by atoms with van der Waals surface area (Å²) < 4.78 is 18.3. The van der Waals surface area contributed by atoms with E-state index < -0.39 is 35.6 Å². The first-order valence-electron chi connectivity index (χ1n) is 6.36. The molecule has 3 N–H and O–H groups in total. The van der Waals surface area contributed by atoms with Crippen LogP contribution in [0, 0.1) is 5.82 Å². The molecule has 0 aliphatic carbocycles. The monoisotopic (exact) mass is 333 g/mol. The Kier molecular flexibility index (Phi) is 5.73. The van der Waals surface area contributed by atoms with E-state index in [0.29, 0.717) is 0 Å². The Morgan fingerprint density at radius 1 is 1.36 bits per heavy atom. The van der Waals surface area contributed by atoms with Crippen molar-refractivity contribution in [2.24, 2.45) is 0 Å². The van der Waals surface area contributed by atoms with Crippen molar-refractivity contribution in [3.05, 3.63) is 34.6 Å². The van der Waals surface area contributed by atoms with E-state index in [1.165, 1.54) is 12.1 Å². The van der Waals surface area contributed by atoms with Gasteiger partial charge in [-0.25, -0.2) is 14.0 Å². The molecule has 0 saturated carbocycles. The highest BCUT2D eigenvalue weighted by atomic mass is 35.5. The largest absolute Gasteiger partial charge is 0.480 e. The van der Waals surface area contributed by atoms with Crippen LogP contribution in [0.25, 0.3) is 0 Å². The number of benzene rings is 1. The Balaban J connectivity index is 2.92. The molecule has 8 heteroatoms. The minimum Gasteiger partial charge on any atom is -0.480 e. The van der Waals surface area contributed by atoms with Crippen molar-refractivity contribution in [3.63, 3.8) is 0 Å². The lowest BCUT2D eigenvalue weighted by Gasteiger charge is -2.24. The second kappa shape index (κ2) is 6.93. The molecule has 0 spiro atoms. The van der Waals surface area contributed by atoms with E-state index >= 15 is 0 Å². The van der Waals surface area contributed by atoms with E-state index in [-0.39, 0.29) is 10.6 Å². The summed E-state index contributed by atoms with van der Waals surface area (Å²) in [5, 5.41) is 21.1. The van der Waals surface area contributed by atoms with Crippen molar-refractivity contribution in [1.29, 1.82) is 0 Å². The zero-order valence-electron chi connectivity index (χ0n) is 12.3. The van der Waals surface area contributed by atoms with Crippen LogP contribution in [0.15, 0.2) is 18.2 Å². The van der Waals surface area contributed by atoms with Gasteiger partial charge in [-0.05, 0) is 38.5 Å². The molecule has 0 fully saturated rings. The van der Waals surface area contributed by atoms with Crippen LogP contribution in [0.3, 0.4) is 0 Å². The zero-order chi connectivity index (χ0) is 17.1. The third-order valence-electron chi connectivity index (χ3n) is 2.54.